The molecule has 0 spiro atoms. The van der Waals surface area contributed by atoms with Gasteiger partial charge in [0.1, 0.15) is 11.5 Å². The van der Waals surface area contributed by atoms with E-state index in [-0.39, 0.29) is 11.7 Å². The second-order valence-corrected chi connectivity index (χ2v) is 6.12. The second kappa shape index (κ2) is 7.43. The summed E-state index contributed by atoms with van der Waals surface area (Å²) in [6.07, 6.45) is 6.37. The lowest BCUT2D eigenvalue weighted by Gasteiger charge is -2.37. The zero-order valence-corrected chi connectivity index (χ0v) is 13.8. The molecule has 1 amide bonds. The molecule has 2 aromatic rings. The smallest absolute Gasteiger partial charge is 0.274 e. The topological polar surface area (TPSA) is 45.2 Å². The minimum Gasteiger partial charge on any atom is -0.368 e. The third kappa shape index (κ3) is 3.72. The van der Waals surface area contributed by atoms with E-state index in [0.29, 0.717) is 17.4 Å². The number of nitrogens with one attached hydrogen (secondary N) is 1. The van der Waals surface area contributed by atoms with Crippen molar-refractivity contribution in [3.63, 3.8) is 0 Å². The van der Waals surface area contributed by atoms with Crippen LogP contribution in [0.2, 0.25) is 0 Å². The quantitative estimate of drug-likeness (QED) is 0.913. The van der Waals surface area contributed by atoms with Crippen LogP contribution in [0.3, 0.4) is 0 Å². The summed E-state index contributed by atoms with van der Waals surface area (Å²) in [5, 5.41) is 2.69. The average Bonchev–Trinajstić information content (AvgIpc) is 2.62. The predicted molar refractivity (Wildman–Crippen MR) is 93.9 cm³/mol. The second-order valence-electron chi connectivity index (χ2n) is 6.12. The number of anilines is 2. The van der Waals surface area contributed by atoms with E-state index in [2.05, 4.69) is 22.1 Å². The van der Waals surface area contributed by atoms with Gasteiger partial charge < -0.3 is 10.2 Å². The fraction of sp³-hybridized carbons (Fsp3) is 0.368. The van der Waals surface area contributed by atoms with Gasteiger partial charge in [-0.3, -0.25) is 9.78 Å². The van der Waals surface area contributed by atoms with Crippen molar-refractivity contribution in [2.24, 2.45) is 0 Å². The molecule has 2 heterocycles. The summed E-state index contributed by atoms with van der Waals surface area (Å²) < 4.78 is 13.2. The Morgan fingerprint density at radius 2 is 2.21 bits per heavy atom. The summed E-state index contributed by atoms with van der Waals surface area (Å²) in [5.74, 6) is -0.707. The normalized spacial score (nSPS) is 17.6. The van der Waals surface area contributed by atoms with Crippen LogP contribution >= 0.6 is 0 Å². The molecule has 1 fully saturated rings. The van der Waals surface area contributed by atoms with Crippen LogP contribution < -0.4 is 10.2 Å². The number of carbonyl (C=O) groups is 1. The standard InChI is InChI=1S/C19H22FN3O/c1-2-16-8-3-4-11-23(16)17-9-10-21-18(13-17)19(24)22-15-7-5-6-14(20)12-15/h5-7,9-10,12-13,16H,2-4,8,11H2,1H3,(H,22,24). The van der Waals surface area contributed by atoms with Crippen LogP contribution in [-0.4, -0.2) is 23.5 Å². The minimum atomic E-state index is -0.381. The minimum absolute atomic E-state index is 0.326. The lowest BCUT2D eigenvalue weighted by Crippen LogP contribution is -2.39. The Balaban J connectivity index is 1.78. The Bertz CT molecular complexity index is 719. The van der Waals surface area contributed by atoms with Crippen LogP contribution in [0, 0.1) is 5.82 Å². The molecule has 0 radical (unpaired) electrons. The van der Waals surface area contributed by atoms with Crippen molar-refractivity contribution in [3.05, 3.63) is 54.1 Å². The first-order valence-electron chi connectivity index (χ1n) is 8.47. The molecule has 1 aromatic carbocycles. The van der Waals surface area contributed by atoms with Crippen molar-refractivity contribution in [3.8, 4) is 0 Å². The number of hydrogen-bond donors (Lipinski definition) is 1. The highest BCUT2D eigenvalue weighted by atomic mass is 19.1. The fourth-order valence-electron chi connectivity index (χ4n) is 3.25. The van der Waals surface area contributed by atoms with E-state index in [0.717, 1.165) is 18.7 Å². The van der Waals surface area contributed by atoms with Crippen molar-refractivity contribution in [2.45, 2.75) is 38.6 Å². The molecule has 0 saturated carbocycles. The van der Waals surface area contributed by atoms with Gasteiger partial charge in [0.25, 0.3) is 5.91 Å². The van der Waals surface area contributed by atoms with Gasteiger partial charge in [0, 0.05) is 30.2 Å². The summed E-state index contributed by atoms with van der Waals surface area (Å²) in [4.78, 5) is 18.9. The summed E-state index contributed by atoms with van der Waals surface area (Å²) in [5.41, 5.74) is 1.80. The van der Waals surface area contributed by atoms with Crippen LogP contribution in [0.15, 0.2) is 42.6 Å². The van der Waals surface area contributed by atoms with Crippen molar-refractivity contribution < 1.29 is 9.18 Å². The number of pyridine rings is 1. The van der Waals surface area contributed by atoms with E-state index in [4.69, 9.17) is 0 Å². The molecule has 1 unspecified atom stereocenters. The van der Waals surface area contributed by atoms with E-state index in [1.54, 1.807) is 18.3 Å². The van der Waals surface area contributed by atoms with Gasteiger partial charge in [0.15, 0.2) is 0 Å². The van der Waals surface area contributed by atoms with E-state index >= 15 is 0 Å². The highest BCUT2D eigenvalue weighted by Crippen LogP contribution is 2.26. The maximum atomic E-state index is 13.2. The molecule has 1 N–H and O–H groups in total. The van der Waals surface area contributed by atoms with Gasteiger partial charge in [0.05, 0.1) is 0 Å². The molecule has 4 nitrogen and oxygen atoms in total. The van der Waals surface area contributed by atoms with Crippen LogP contribution in [-0.2, 0) is 0 Å². The third-order valence-corrected chi connectivity index (χ3v) is 4.49. The number of amides is 1. The van der Waals surface area contributed by atoms with E-state index < -0.39 is 0 Å². The monoisotopic (exact) mass is 327 g/mol. The number of piperidine rings is 1. The predicted octanol–water partition coefficient (Wildman–Crippen LogP) is 4.24. The van der Waals surface area contributed by atoms with Gasteiger partial charge in [-0.15, -0.1) is 0 Å². The van der Waals surface area contributed by atoms with Crippen LogP contribution in [0.4, 0.5) is 15.8 Å². The Morgan fingerprint density at radius 3 is 3.00 bits per heavy atom. The summed E-state index contributed by atoms with van der Waals surface area (Å²) in [6.45, 7) is 3.20. The number of carbonyl (C=O) groups excluding carboxylic acids is 1. The highest BCUT2D eigenvalue weighted by molar-refractivity contribution is 6.03. The van der Waals surface area contributed by atoms with Crippen LogP contribution in [0.1, 0.15) is 43.1 Å². The first-order valence-corrected chi connectivity index (χ1v) is 8.47. The first-order chi connectivity index (χ1) is 11.7. The lowest BCUT2D eigenvalue weighted by molar-refractivity contribution is 0.102. The molecule has 1 aromatic heterocycles. The number of rotatable bonds is 4. The molecule has 24 heavy (non-hydrogen) atoms. The Hall–Kier alpha value is -2.43. The molecule has 1 aliphatic rings. The molecule has 5 heteroatoms. The molecule has 1 aliphatic heterocycles. The molecule has 1 atom stereocenters. The van der Waals surface area contributed by atoms with Gasteiger partial charge in [0.2, 0.25) is 0 Å². The Morgan fingerprint density at radius 1 is 1.33 bits per heavy atom. The van der Waals surface area contributed by atoms with Gasteiger partial charge in [-0.2, -0.15) is 0 Å². The average molecular weight is 327 g/mol. The summed E-state index contributed by atoms with van der Waals surface area (Å²) in [6, 6.07) is 10.1. The maximum Gasteiger partial charge on any atom is 0.274 e. The van der Waals surface area contributed by atoms with Crippen molar-refractivity contribution in [2.75, 3.05) is 16.8 Å². The summed E-state index contributed by atoms with van der Waals surface area (Å²) >= 11 is 0. The molecular weight excluding hydrogens is 305 g/mol. The molecule has 3 rings (SSSR count). The Labute approximate surface area is 141 Å². The molecule has 126 valence electrons. The van der Waals surface area contributed by atoms with E-state index in [1.165, 1.54) is 31.4 Å². The zero-order chi connectivity index (χ0) is 16.9. The number of aromatic nitrogens is 1. The fourth-order valence-corrected chi connectivity index (χ4v) is 3.25. The maximum absolute atomic E-state index is 13.2. The van der Waals surface area contributed by atoms with Crippen molar-refractivity contribution in [1.29, 1.82) is 0 Å². The molecule has 0 bridgehead atoms. The highest BCUT2D eigenvalue weighted by Gasteiger charge is 2.22. The van der Waals surface area contributed by atoms with Crippen molar-refractivity contribution in [1.82, 2.24) is 4.98 Å². The van der Waals surface area contributed by atoms with Gasteiger partial charge in [-0.25, -0.2) is 4.39 Å². The number of nitrogens with zero attached hydrogens (tertiary/aromatic N) is 2. The first kappa shape index (κ1) is 16.4. The number of benzene rings is 1. The van der Waals surface area contributed by atoms with Gasteiger partial charge >= 0.3 is 0 Å². The number of halogens is 1. The SMILES string of the molecule is CCC1CCCCN1c1ccnc(C(=O)Nc2cccc(F)c2)c1. The molecular formula is C19H22FN3O. The summed E-state index contributed by atoms with van der Waals surface area (Å²) in [7, 11) is 0. The van der Waals surface area contributed by atoms with Gasteiger partial charge in [-0.05, 0) is 56.0 Å². The van der Waals surface area contributed by atoms with Crippen molar-refractivity contribution >= 4 is 17.3 Å². The third-order valence-electron chi connectivity index (χ3n) is 4.49. The van der Waals surface area contributed by atoms with Crippen LogP contribution in [0.5, 0.6) is 0 Å². The number of hydrogen-bond acceptors (Lipinski definition) is 3. The lowest BCUT2D eigenvalue weighted by atomic mass is 9.99. The van der Waals surface area contributed by atoms with E-state index in [1.807, 2.05) is 12.1 Å². The zero-order valence-electron chi connectivity index (χ0n) is 13.8. The molecule has 0 aliphatic carbocycles. The molecule has 1 saturated heterocycles. The van der Waals surface area contributed by atoms with Crippen LogP contribution in [0.25, 0.3) is 0 Å². The van der Waals surface area contributed by atoms with Gasteiger partial charge in [-0.1, -0.05) is 13.0 Å². The van der Waals surface area contributed by atoms with E-state index in [9.17, 15) is 9.18 Å². The largest absolute Gasteiger partial charge is 0.368 e. The Kier molecular flexibility index (Phi) is 5.08.